The van der Waals surface area contributed by atoms with E-state index in [1.54, 1.807) is 0 Å². The first kappa shape index (κ1) is 18.5. The molecule has 2 aromatic rings. The highest BCUT2D eigenvalue weighted by molar-refractivity contribution is 7.80. The van der Waals surface area contributed by atoms with Crippen molar-refractivity contribution in [2.75, 3.05) is 0 Å². The van der Waals surface area contributed by atoms with E-state index in [0.29, 0.717) is 5.11 Å². The Hall–Kier alpha value is -2.88. The van der Waals surface area contributed by atoms with Crippen molar-refractivity contribution in [2.45, 2.75) is 25.5 Å². The molecule has 1 N–H and O–H groups in total. The number of amides is 1. The molecule has 2 heterocycles. The topological polar surface area (TPSA) is 54.7 Å². The second kappa shape index (κ2) is 6.93. The standard InChI is InChI=1S/C18H12F4N2O3S/c19-11-6-12(20)15(22)16(14(11)21)26-7-10-4-3-9(27-10)5-13-17(25)24(8-1-2-8)18(28)23-13/h3-6,8H,1-2,7H2,(H,23,28)/b13-5+. The first-order valence-electron chi connectivity index (χ1n) is 8.26. The summed E-state index contributed by atoms with van der Waals surface area (Å²) >= 11 is 5.14. The minimum atomic E-state index is -1.64. The molecular weight excluding hydrogens is 400 g/mol. The summed E-state index contributed by atoms with van der Waals surface area (Å²) in [5.41, 5.74) is 0.239. The van der Waals surface area contributed by atoms with Gasteiger partial charge in [-0.1, -0.05) is 0 Å². The Balaban J connectivity index is 1.47. The predicted molar refractivity (Wildman–Crippen MR) is 92.9 cm³/mol. The number of carbonyl (C=O) groups is 1. The van der Waals surface area contributed by atoms with E-state index in [1.165, 1.54) is 23.1 Å². The number of carbonyl (C=O) groups excluding carboxylic acids is 1. The normalized spacial score (nSPS) is 18.1. The van der Waals surface area contributed by atoms with Gasteiger partial charge in [-0.25, -0.2) is 8.78 Å². The van der Waals surface area contributed by atoms with Crippen molar-refractivity contribution in [3.8, 4) is 5.75 Å². The van der Waals surface area contributed by atoms with Crippen molar-refractivity contribution in [1.82, 2.24) is 10.2 Å². The smallest absolute Gasteiger partial charge is 0.276 e. The fourth-order valence-electron chi connectivity index (χ4n) is 2.73. The lowest BCUT2D eigenvalue weighted by atomic mass is 10.3. The molecule has 2 aliphatic rings. The van der Waals surface area contributed by atoms with E-state index in [4.69, 9.17) is 21.4 Å². The summed E-state index contributed by atoms with van der Waals surface area (Å²) in [6, 6.07) is 3.15. The molecule has 28 heavy (non-hydrogen) atoms. The quantitative estimate of drug-likeness (QED) is 0.352. The minimum Gasteiger partial charge on any atom is -0.479 e. The predicted octanol–water partition coefficient (Wildman–Crippen LogP) is 3.64. The Morgan fingerprint density at radius 1 is 1.21 bits per heavy atom. The van der Waals surface area contributed by atoms with Crippen LogP contribution in [0.25, 0.3) is 6.08 Å². The monoisotopic (exact) mass is 412 g/mol. The summed E-state index contributed by atoms with van der Waals surface area (Å²) in [5, 5.41) is 3.14. The van der Waals surface area contributed by atoms with Gasteiger partial charge in [0.15, 0.2) is 22.5 Å². The number of halogens is 4. The van der Waals surface area contributed by atoms with Crippen LogP contribution in [0.5, 0.6) is 5.75 Å². The third-order valence-electron chi connectivity index (χ3n) is 4.22. The fourth-order valence-corrected chi connectivity index (χ4v) is 3.07. The first-order valence-corrected chi connectivity index (χ1v) is 8.66. The van der Waals surface area contributed by atoms with Crippen LogP contribution in [0.15, 0.2) is 28.3 Å². The van der Waals surface area contributed by atoms with Gasteiger partial charge in [0.2, 0.25) is 11.6 Å². The largest absolute Gasteiger partial charge is 0.479 e. The molecule has 5 nitrogen and oxygen atoms in total. The first-order chi connectivity index (χ1) is 13.3. The van der Waals surface area contributed by atoms with Gasteiger partial charge in [-0.3, -0.25) is 9.69 Å². The van der Waals surface area contributed by atoms with Gasteiger partial charge in [-0.05, 0) is 37.2 Å². The van der Waals surface area contributed by atoms with Crippen LogP contribution < -0.4 is 10.1 Å². The molecule has 0 unspecified atom stereocenters. The van der Waals surface area contributed by atoms with E-state index in [1.807, 2.05) is 0 Å². The van der Waals surface area contributed by atoms with Gasteiger partial charge in [0.1, 0.15) is 23.8 Å². The molecule has 0 bridgehead atoms. The number of furan rings is 1. The molecule has 1 amide bonds. The molecular formula is C18H12F4N2O3S. The maximum atomic E-state index is 13.6. The van der Waals surface area contributed by atoms with E-state index in [0.717, 1.165) is 12.8 Å². The summed E-state index contributed by atoms with van der Waals surface area (Å²) in [4.78, 5) is 13.9. The molecule has 1 saturated heterocycles. The van der Waals surface area contributed by atoms with Gasteiger partial charge in [0.25, 0.3) is 5.91 Å². The zero-order chi connectivity index (χ0) is 20.0. The molecule has 1 aromatic heterocycles. The number of benzene rings is 1. The van der Waals surface area contributed by atoms with E-state index < -0.39 is 35.6 Å². The van der Waals surface area contributed by atoms with Crippen LogP contribution in [0.4, 0.5) is 17.6 Å². The van der Waals surface area contributed by atoms with Crippen molar-refractivity contribution in [2.24, 2.45) is 0 Å². The molecule has 0 radical (unpaired) electrons. The van der Waals surface area contributed by atoms with Gasteiger partial charge in [-0.2, -0.15) is 8.78 Å². The molecule has 1 aliphatic heterocycles. The lowest BCUT2D eigenvalue weighted by Gasteiger charge is -2.11. The number of nitrogens with zero attached hydrogens (tertiary/aromatic N) is 1. The van der Waals surface area contributed by atoms with Crippen molar-refractivity contribution >= 4 is 29.3 Å². The molecule has 2 fully saturated rings. The highest BCUT2D eigenvalue weighted by Gasteiger charge is 2.41. The number of rotatable bonds is 5. The fraction of sp³-hybridized carbons (Fsp3) is 0.222. The molecule has 10 heteroatoms. The zero-order valence-corrected chi connectivity index (χ0v) is 14.9. The molecule has 4 rings (SSSR count). The highest BCUT2D eigenvalue weighted by Crippen LogP contribution is 2.31. The minimum absolute atomic E-state index is 0.0929. The summed E-state index contributed by atoms with van der Waals surface area (Å²) in [7, 11) is 0. The average Bonchev–Trinajstić information content (AvgIpc) is 3.31. The Morgan fingerprint density at radius 2 is 1.89 bits per heavy atom. The third kappa shape index (κ3) is 3.35. The van der Waals surface area contributed by atoms with Crippen molar-refractivity contribution in [3.05, 3.63) is 58.7 Å². The second-order valence-electron chi connectivity index (χ2n) is 6.28. The van der Waals surface area contributed by atoms with Gasteiger partial charge in [0.05, 0.1) is 0 Å². The Bertz CT molecular complexity index is 990. The van der Waals surface area contributed by atoms with Gasteiger partial charge in [0, 0.05) is 18.2 Å². The summed E-state index contributed by atoms with van der Waals surface area (Å²) in [6.07, 6.45) is 3.23. The lowest BCUT2D eigenvalue weighted by molar-refractivity contribution is -0.122. The number of thiocarbonyl (C=S) groups is 1. The van der Waals surface area contributed by atoms with E-state index in [2.05, 4.69) is 5.32 Å². The summed E-state index contributed by atoms with van der Waals surface area (Å²) < 4.78 is 63.8. The SMILES string of the molecule is O=C1/C(=C\c2ccc(COc3c(F)c(F)cc(F)c3F)o2)NC(=S)N1C1CC1. The van der Waals surface area contributed by atoms with Crippen LogP contribution in [0.2, 0.25) is 0 Å². The number of nitrogens with one attached hydrogen (secondary N) is 1. The molecule has 1 aromatic carbocycles. The van der Waals surface area contributed by atoms with Gasteiger partial charge in [-0.15, -0.1) is 0 Å². The molecule has 1 aliphatic carbocycles. The molecule has 1 saturated carbocycles. The van der Waals surface area contributed by atoms with E-state index in [-0.39, 0.29) is 35.2 Å². The van der Waals surface area contributed by atoms with Crippen LogP contribution in [0.3, 0.4) is 0 Å². The van der Waals surface area contributed by atoms with Crippen LogP contribution in [0, 0.1) is 23.3 Å². The number of hydrogen-bond donors (Lipinski definition) is 1. The highest BCUT2D eigenvalue weighted by atomic mass is 32.1. The Labute approximate surface area is 161 Å². The second-order valence-corrected chi connectivity index (χ2v) is 6.67. The Kier molecular flexibility index (Phi) is 4.58. The van der Waals surface area contributed by atoms with E-state index in [9.17, 15) is 22.4 Å². The zero-order valence-electron chi connectivity index (χ0n) is 14.1. The molecule has 0 atom stereocenters. The number of ether oxygens (including phenoxy) is 1. The molecule has 0 spiro atoms. The maximum Gasteiger partial charge on any atom is 0.276 e. The van der Waals surface area contributed by atoms with Crippen LogP contribution in [0.1, 0.15) is 24.4 Å². The van der Waals surface area contributed by atoms with Crippen LogP contribution in [-0.2, 0) is 11.4 Å². The van der Waals surface area contributed by atoms with Gasteiger partial charge >= 0.3 is 0 Å². The van der Waals surface area contributed by atoms with Gasteiger partial charge < -0.3 is 14.5 Å². The van der Waals surface area contributed by atoms with Crippen molar-refractivity contribution < 1.29 is 31.5 Å². The maximum absolute atomic E-state index is 13.6. The van der Waals surface area contributed by atoms with E-state index >= 15 is 0 Å². The molecule has 146 valence electrons. The van der Waals surface area contributed by atoms with Crippen molar-refractivity contribution in [3.63, 3.8) is 0 Å². The van der Waals surface area contributed by atoms with Crippen molar-refractivity contribution in [1.29, 1.82) is 0 Å². The lowest BCUT2D eigenvalue weighted by Crippen LogP contribution is -2.32. The summed E-state index contributed by atoms with van der Waals surface area (Å²) in [6.45, 7) is -0.478. The van der Waals surface area contributed by atoms with Crippen LogP contribution in [-0.4, -0.2) is 22.0 Å². The summed E-state index contributed by atoms with van der Waals surface area (Å²) in [5.74, 6) is -7.46. The average molecular weight is 412 g/mol. The third-order valence-corrected chi connectivity index (χ3v) is 4.52. The van der Waals surface area contributed by atoms with Crippen LogP contribution >= 0.6 is 12.2 Å². The number of hydrogen-bond acceptors (Lipinski definition) is 4. The Morgan fingerprint density at radius 3 is 2.54 bits per heavy atom.